The van der Waals surface area contributed by atoms with Crippen LogP contribution in [0, 0.1) is 0 Å². The van der Waals surface area contributed by atoms with Gasteiger partial charge in [-0.3, -0.25) is 0 Å². The van der Waals surface area contributed by atoms with E-state index < -0.39 is 24.2 Å². The van der Waals surface area contributed by atoms with Crippen LogP contribution >= 0.6 is 0 Å². The summed E-state index contributed by atoms with van der Waals surface area (Å²) in [5.74, 6) is -1.59. The average molecular weight is 289 g/mol. The number of nitrogens with two attached hydrogens (primary N) is 1. The van der Waals surface area contributed by atoms with Crippen LogP contribution in [0.15, 0.2) is 18.2 Å². The van der Waals surface area contributed by atoms with Gasteiger partial charge in [0.2, 0.25) is 0 Å². The molecule has 0 heterocycles. The molecule has 3 nitrogen and oxygen atoms in total. The quantitative estimate of drug-likeness (QED) is 0.867. The maximum Gasteiger partial charge on any atom is 0.573 e. The Hall–Kier alpha value is -1.64. The molecule has 0 radical (unpaired) electrons. The second kappa shape index (κ2) is 5.55. The van der Waals surface area contributed by atoms with Crippen LogP contribution in [0.3, 0.4) is 0 Å². The largest absolute Gasteiger partial charge is 0.573 e. The first-order valence-electron chi connectivity index (χ1n) is 4.94. The van der Waals surface area contributed by atoms with Crippen molar-refractivity contribution in [3.8, 4) is 11.5 Å². The molecule has 1 rings (SSSR count). The molecule has 0 aliphatic carbocycles. The SMILES string of the molecule is NCCc1cc(OC(F)(F)F)cc(OC(F)(F)F)c1. The van der Waals surface area contributed by atoms with Crippen LogP contribution in [-0.2, 0) is 6.42 Å². The summed E-state index contributed by atoms with van der Waals surface area (Å²) in [5, 5.41) is 0. The maximum absolute atomic E-state index is 12.0. The lowest BCUT2D eigenvalue weighted by Crippen LogP contribution is -2.19. The van der Waals surface area contributed by atoms with Crippen LogP contribution in [0.1, 0.15) is 5.56 Å². The van der Waals surface area contributed by atoms with Crippen molar-refractivity contribution in [1.29, 1.82) is 0 Å². The second-order valence-electron chi connectivity index (χ2n) is 3.45. The van der Waals surface area contributed by atoms with Gasteiger partial charge >= 0.3 is 12.7 Å². The van der Waals surface area contributed by atoms with Crippen molar-refractivity contribution in [3.63, 3.8) is 0 Å². The van der Waals surface area contributed by atoms with E-state index in [1.165, 1.54) is 0 Å². The Morgan fingerprint density at radius 3 is 1.58 bits per heavy atom. The van der Waals surface area contributed by atoms with Gasteiger partial charge in [-0.05, 0) is 30.7 Å². The molecule has 0 aromatic heterocycles. The lowest BCUT2D eigenvalue weighted by Gasteiger charge is -2.14. The molecule has 0 saturated carbocycles. The predicted octanol–water partition coefficient (Wildman–Crippen LogP) is 2.99. The van der Waals surface area contributed by atoms with Gasteiger partial charge < -0.3 is 15.2 Å². The maximum atomic E-state index is 12.0. The molecular weight excluding hydrogens is 280 g/mol. The summed E-state index contributed by atoms with van der Waals surface area (Å²) in [6, 6.07) is 2.40. The molecule has 2 N–H and O–H groups in total. The molecule has 19 heavy (non-hydrogen) atoms. The molecule has 108 valence electrons. The molecule has 0 saturated heterocycles. The fourth-order valence-electron chi connectivity index (χ4n) is 1.33. The summed E-state index contributed by atoms with van der Waals surface area (Å²) >= 11 is 0. The molecule has 1 aromatic carbocycles. The number of benzene rings is 1. The minimum absolute atomic E-state index is 0.0565. The van der Waals surface area contributed by atoms with Gasteiger partial charge in [0, 0.05) is 6.07 Å². The summed E-state index contributed by atoms with van der Waals surface area (Å²) < 4.78 is 79.2. The molecule has 0 atom stereocenters. The summed E-state index contributed by atoms with van der Waals surface area (Å²) in [6.45, 7) is 0.0565. The smallest absolute Gasteiger partial charge is 0.406 e. The van der Waals surface area contributed by atoms with E-state index in [0.717, 1.165) is 12.1 Å². The van der Waals surface area contributed by atoms with Crippen LogP contribution in [0.2, 0.25) is 0 Å². The topological polar surface area (TPSA) is 44.5 Å². The molecule has 0 amide bonds. The highest BCUT2D eigenvalue weighted by Crippen LogP contribution is 2.31. The average Bonchev–Trinajstić information content (AvgIpc) is 2.11. The van der Waals surface area contributed by atoms with Crippen LogP contribution < -0.4 is 15.2 Å². The molecule has 0 aliphatic heterocycles. The summed E-state index contributed by atoms with van der Waals surface area (Å²) in [7, 11) is 0. The molecule has 9 heteroatoms. The Morgan fingerprint density at radius 1 is 0.842 bits per heavy atom. The Labute approximate surface area is 103 Å². The van der Waals surface area contributed by atoms with Gasteiger partial charge in [0.05, 0.1) is 0 Å². The molecule has 0 fully saturated rings. The van der Waals surface area contributed by atoms with Crippen LogP contribution in [0.4, 0.5) is 26.3 Å². The fourth-order valence-corrected chi connectivity index (χ4v) is 1.33. The van der Waals surface area contributed by atoms with E-state index in [2.05, 4.69) is 9.47 Å². The van der Waals surface area contributed by atoms with Crippen LogP contribution in [0.25, 0.3) is 0 Å². The van der Waals surface area contributed by atoms with Gasteiger partial charge in [-0.25, -0.2) is 0 Å². The summed E-state index contributed by atoms with van der Waals surface area (Å²) in [5.41, 5.74) is 5.33. The van der Waals surface area contributed by atoms with Gasteiger partial charge in [0.1, 0.15) is 11.5 Å². The van der Waals surface area contributed by atoms with Gasteiger partial charge in [-0.2, -0.15) is 0 Å². The Balaban J connectivity index is 3.03. The first-order valence-corrected chi connectivity index (χ1v) is 4.94. The van der Waals surface area contributed by atoms with Gasteiger partial charge in [0.15, 0.2) is 0 Å². The number of hydrogen-bond donors (Lipinski definition) is 1. The van der Waals surface area contributed by atoms with Crippen LogP contribution in [-0.4, -0.2) is 19.3 Å². The Kier molecular flexibility index (Phi) is 4.51. The molecular formula is C10H9F6NO2. The molecule has 1 aromatic rings. The molecule has 0 spiro atoms. The van der Waals surface area contributed by atoms with E-state index >= 15 is 0 Å². The number of hydrogen-bond acceptors (Lipinski definition) is 3. The monoisotopic (exact) mass is 289 g/mol. The lowest BCUT2D eigenvalue weighted by atomic mass is 10.1. The highest BCUT2D eigenvalue weighted by molar-refractivity contribution is 5.38. The fraction of sp³-hybridized carbons (Fsp3) is 0.400. The summed E-state index contributed by atoms with van der Waals surface area (Å²) in [4.78, 5) is 0. The van der Waals surface area contributed by atoms with Gasteiger partial charge in [0.25, 0.3) is 0 Å². The van der Waals surface area contributed by atoms with Gasteiger partial charge in [-0.1, -0.05) is 0 Å². The van der Waals surface area contributed by atoms with Crippen molar-refractivity contribution in [2.75, 3.05) is 6.54 Å². The van der Waals surface area contributed by atoms with Gasteiger partial charge in [-0.15, -0.1) is 26.3 Å². The second-order valence-corrected chi connectivity index (χ2v) is 3.45. The van der Waals surface area contributed by atoms with E-state index in [-0.39, 0.29) is 18.5 Å². The van der Waals surface area contributed by atoms with Crippen molar-refractivity contribution in [3.05, 3.63) is 23.8 Å². The zero-order valence-electron chi connectivity index (χ0n) is 9.31. The standard InChI is InChI=1S/C10H9F6NO2/c11-9(12,13)18-7-3-6(1-2-17)4-8(5-7)19-10(14,15)16/h3-5H,1-2,17H2. The third-order valence-corrected chi connectivity index (χ3v) is 1.84. The Bertz CT molecular complexity index is 395. The van der Waals surface area contributed by atoms with Crippen LogP contribution in [0.5, 0.6) is 11.5 Å². The van der Waals surface area contributed by atoms with E-state index in [9.17, 15) is 26.3 Å². The van der Waals surface area contributed by atoms with E-state index in [4.69, 9.17) is 5.73 Å². The third kappa shape index (κ3) is 6.18. The molecule has 0 aliphatic rings. The van der Waals surface area contributed by atoms with Crippen molar-refractivity contribution < 1.29 is 35.8 Å². The number of halogens is 6. The van der Waals surface area contributed by atoms with Crippen molar-refractivity contribution in [2.24, 2.45) is 5.73 Å². The Morgan fingerprint density at radius 2 is 1.26 bits per heavy atom. The zero-order valence-corrected chi connectivity index (χ0v) is 9.31. The zero-order chi connectivity index (χ0) is 14.7. The highest BCUT2D eigenvalue weighted by Gasteiger charge is 2.33. The first-order chi connectivity index (χ1) is 8.59. The number of rotatable bonds is 4. The number of alkyl halides is 6. The molecule has 0 unspecified atom stereocenters. The van der Waals surface area contributed by atoms with Crippen molar-refractivity contribution in [2.45, 2.75) is 19.1 Å². The highest BCUT2D eigenvalue weighted by atomic mass is 19.4. The minimum atomic E-state index is -5.00. The minimum Gasteiger partial charge on any atom is -0.406 e. The lowest BCUT2D eigenvalue weighted by molar-refractivity contribution is -0.276. The van der Waals surface area contributed by atoms with Crippen molar-refractivity contribution >= 4 is 0 Å². The predicted molar refractivity (Wildman–Crippen MR) is 52.6 cm³/mol. The first kappa shape index (κ1) is 15.4. The van der Waals surface area contributed by atoms with E-state index in [1.54, 1.807) is 0 Å². The third-order valence-electron chi connectivity index (χ3n) is 1.84. The molecule has 0 bridgehead atoms. The van der Waals surface area contributed by atoms with E-state index in [1.807, 2.05) is 0 Å². The normalized spacial score (nSPS) is 12.4. The van der Waals surface area contributed by atoms with E-state index in [0.29, 0.717) is 6.07 Å². The summed E-state index contributed by atoms with van der Waals surface area (Å²) in [6.07, 6.45) is -9.92. The number of ether oxygens (including phenoxy) is 2. The van der Waals surface area contributed by atoms with Crippen molar-refractivity contribution in [1.82, 2.24) is 0 Å².